The van der Waals surface area contributed by atoms with Gasteiger partial charge in [0, 0.05) is 5.38 Å². The van der Waals surface area contributed by atoms with E-state index < -0.39 is 23.4 Å². The summed E-state index contributed by atoms with van der Waals surface area (Å²) in [4.78, 5) is 43.0. The Morgan fingerprint density at radius 2 is 1.97 bits per heavy atom. The van der Waals surface area contributed by atoms with Crippen LogP contribution < -0.4 is 10.7 Å². The van der Waals surface area contributed by atoms with E-state index in [1.54, 1.807) is 12.3 Å². The first-order valence-corrected chi connectivity index (χ1v) is 10.7. The Bertz CT molecular complexity index is 1050. The van der Waals surface area contributed by atoms with E-state index in [1.165, 1.54) is 22.7 Å². The minimum Gasteiger partial charge on any atom is -0.322 e. The van der Waals surface area contributed by atoms with E-state index in [0.717, 1.165) is 20.5 Å². The molecule has 0 saturated carbocycles. The maximum Gasteiger partial charge on any atom is 0.344 e. The number of thiazole rings is 1. The highest BCUT2D eigenvalue weighted by Crippen LogP contribution is 2.28. The Kier molecular flexibility index (Phi) is 5.16. The van der Waals surface area contributed by atoms with Crippen LogP contribution in [0.2, 0.25) is 0 Å². The molecule has 7 nitrogen and oxygen atoms in total. The summed E-state index contributed by atoms with van der Waals surface area (Å²) in [6, 6.07) is 12.9. The second-order valence-corrected chi connectivity index (χ2v) is 8.65. The number of nitrogens with zero attached hydrogens (tertiary/aromatic N) is 2. The van der Waals surface area contributed by atoms with E-state index in [2.05, 4.69) is 15.7 Å². The fourth-order valence-corrected chi connectivity index (χ4v) is 4.66. The highest BCUT2D eigenvalue weighted by atomic mass is 32.1. The van der Waals surface area contributed by atoms with E-state index in [9.17, 15) is 14.4 Å². The van der Waals surface area contributed by atoms with Gasteiger partial charge in [0.1, 0.15) is 16.2 Å². The summed E-state index contributed by atoms with van der Waals surface area (Å²) >= 11 is 2.86. The Morgan fingerprint density at radius 1 is 1.17 bits per heavy atom. The van der Waals surface area contributed by atoms with Gasteiger partial charge in [-0.1, -0.05) is 36.4 Å². The van der Waals surface area contributed by atoms with Gasteiger partial charge in [0.05, 0.1) is 4.88 Å². The van der Waals surface area contributed by atoms with Gasteiger partial charge in [0.2, 0.25) is 0 Å². The molecule has 3 heterocycles. The van der Waals surface area contributed by atoms with Crippen LogP contribution in [0.4, 0.5) is 4.79 Å². The number of thiophene rings is 1. The summed E-state index contributed by atoms with van der Waals surface area (Å²) in [5.41, 5.74) is 2.54. The second kappa shape index (κ2) is 7.76. The second-order valence-electron chi connectivity index (χ2n) is 6.84. The number of nitrogens with one attached hydrogen (secondary N) is 2. The standard InChI is InChI=1S/C20H18N4O3S2/c1-20(10-9-13-6-3-2-4-7-13)18(26)24(19(27)22-20)23-16(25)14-12-29-17(21-14)15-8-5-11-28-15/h2-8,11-12H,9-10H2,1H3,(H,22,27)(H,23,25). The van der Waals surface area contributed by atoms with E-state index in [1.807, 2.05) is 47.8 Å². The molecular formula is C20H18N4O3S2. The van der Waals surface area contributed by atoms with Crippen LogP contribution in [0, 0.1) is 0 Å². The zero-order valence-electron chi connectivity index (χ0n) is 15.5. The number of aromatic nitrogens is 1. The summed E-state index contributed by atoms with van der Waals surface area (Å²) in [5.74, 6) is -1.08. The molecule has 1 atom stereocenters. The van der Waals surface area contributed by atoms with Gasteiger partial charge in [-0.2, -0.15) is 5.01 Å². The molecule has 1 unspecified atom stereocenters. The first kappa shape index (κ1) is 19.3. The summed E-state index contributed by atoms with van der Waals surface area (Å²) in [7, 11) is 0. The van der Waals surface area contributed by atoms with Gasteiger partial charge < -0.3 is 5.32 Å². The SMILES string of the molecule is CC1(CCc2ccccc2)NC(=O)N(NC(=O)c2csc(-c3cccs3)n2)C1=O. The van der Waals surface area contributed by atoms with Crippen molar-refractivity contribution in [1.29, 1.82) is 0 Å². The minimum absolute atomic E-state index is 0.164. The number of benzene rings is 1. The Labute approximate surface area is 175 Å². The lowest BCUT2D eigenvalue weighted by atomic mass is 9.93. The molecule has 1 aliphatic rings. The molecule has 1 fully saturated rings. The van der Waals surface area contributed by atoms with Crippen LogP contribution in [-0.2, 0) is 11.2 Å². The molecule has 148 valence electrons. The highest BCUT2D eigenvalue weighted by Gasteiger charge is 2.48. The van der Waals surface area contributed by atoms with Gasteiger partial charge >= 0.3 is 6.03 Å². The molecule has 0 spiro atoms. The number of imide groups is 1. The first-order chi connectivity index (χ1) is 14.0. The summed E-state index contributed by atoms with van der Waals surface area (Å²) in [5, 5.41) is 7.70. The molecule has 4 rings (SSSR count). The Hall–Kier alpha value is -3.04. The number of aryl methyl sites for hydroxylation is 1. The van der Waals surface area contributed by atoms with Gasteiger partial charge in [0.15, 0.2) is 0 Å². The average molecular weight is 427 g/mol. The quantitative estimate of drug-likeness (QED) is 0.591. The molecule has 0 bridgehead atoms. The lowest BCUT2D eigenvalue weighted by molar-refractivity contribution is -0.132. The molecule has 1 aromatic carbocycles. The molecular weight excluding hydrogens is 408 g/mol. The number of hydrazine groups is 1. The van der Waals surface area contributed by atoms with Gasteiger partial charge in [-0.3, -0.25) is 15.0 Å². The van der Waals surface area contributed by atoms with Gasteiger partial charge in [-0.25, -0.2) is 9.78 Å². The lowest BCUT2D eigenvalue weighted by Gasteiger charge is -2.21. The zero-order chi connectivity index (χ0) is 20.4. The summed E-state index contributed by atoms with van der Waals surface area (Å²) in [6.07, 6.45) is 1.05. The molecule has 0 aliphatic carbocycles. The van der Waals surface area contributed by atoms with Crippen LogP contribution >= 0.6 is 22.7 Å². The number of carbonyl (C=O) groups excluding carboxylic acids is 3. The normalized spacial score (nSPS) is 18.7. The molecule has 4 amide bonds. The molecule has 2 aromatic heterocycles. The van der Waals surface area contributed by atoms with E-state index in [0.29, 0.717) is 12.8 Å². The van der Waals surface area contributed by atoms with Crippen molar-refractivity contribution in [3.05, 3.63) is 64.5 Å². The van der Waals surface area contributed by atoms with Crippen molar-refractivity contribution in [1.82, 2.24) is 20.7 Å². The van der Waals surface area contributed by atoms with E-state index in [-0.39, 0.29) is 5.69 Å². The lowest BCUT2D eigenvalue weighted by Crippen LogP contribution is -2.49. The minimum atomic E-state index is -1.08. The molecule has 1 saturated heterocycles. The Balaban J connectivity index is 1.43. The van der Waals surface area contributed by atoms with Crippen LogP contribution in [0.25, 0.3) is 9.88 Å². The predicted octanol–water partition coefficient (Wildman–Crippen LogP) is 3.46. The zero-order valence-corrected chi connectivity index (χ0v) is 17.2. The number of hydrogen-bond donors (Lipinski definition) is 2. The smallest absolute Gasteiger partial charge is 0.322 e. The van der Waals surface area contributed by atoms with Gasteiger partial charge in [0.25, 0.3) is 11.8 Å². The maximum absolute atomic E-state index is 12.8. The van der Waals surface area contributed by atoms with Gasteiger partial charge in [-0.05, 0) is 36.8 Å². The van der Waals surface area contributed by atoms with Crippen molar-refractivity contribution >= 4 is 40.5 Å². The van der Waals surface area contributed by atoms with Crippen molar-refractivity contribution < 1.29 is 14.4 Å². The molecule has 0 radical (unpaired) electrons. The molecule has 3 aromatic rings. The van der Waals surface area contributed by atoms with Crippen molar-refractivity contribution in [3.8, 4) is 9.88 Å². The van der Waals surface area contributed by atoms with Crippen LogP contribution in [0.3, 0.4) is 0 Å². The molecule has 29 heavy (non-hydrogen) atoms. The largest absolute Gasteiger partial charge is 0.344 e. The predicted molar refractivity (Wildman–Crippen MR) is 111 cm³/mol. The fourth-order valence-electron chi connectivity index (χ4n) is 3.04. The van der Waals surface area contributed by atoms with E-state index >= 15 is 0 Å². The van der Waals surface area contributed by atoms with Crippen LogP contribution in [0.5, 0.6) is 0 Å². The number of urea groups is 1. The maximum atomic E-state index is 12.8. The average Bonchev–Trinajstić information content (AvgIpc) is 3.45. The van der Waals surface area contributed by atoms with Crippen molar-refractivity contribution in [2.45, 2.75) is 25.3 Å². The van der Waals surface area contributed by atoms with Crippen molar-refractivity contribution in [3.63, 3.8) is 0 Å². The van der Waals surface area contributed by atoms with Crippen LogP contribution in [-0.4, -0.2) is 33.4 Å². The third kappa shape index (κ3) is 3.92. The number of amides is 4. The number of rotatable bonds is 6. The molecule has 1 aliphatic heterocycles. The van der Waals surface area contributed by atoms with Crippen molar-refractivity contribution in [2.75, 3.05) is 0 Å². The van der Waals surface area contributed by atoms with E-state index in [4.69, 9.17) is 0 Å². The third-order valence-electron chi connectivity index (χ3n) is 4.70. The topological polar surface area (TPSA) is 91.4 Å². The monoisotopic (exact) mass is 426 g/mol. The third-order valence-corrected chi connectivity index (χ3v) is 6.58. The van der Waals surface area contributed by atoms with Crippen molar-refractivity contribution in [2.24, 2.45) is 0 Å². The summed E-state index contributed by atoms with van der Waals surface area (Å²) in [6.45, 7) is 1.67. The van der Waals surface area contributed by atoms with Crippen LogP contribution in [0.15, 0.2) is 53.2 Å². The first-order valence-electron chi connectivity index (χ1n) is 8.97. The number of hydrogen-bond acceptors (Lipinski definition) is 6. The highest BCUT2D eigenvalue weighted by molar-refractivity contribution is 7.20. The van der Waals surface area contributed by atoms with Gasteiger partial charge in [-0.15, -0.1) is 22.7 Å². The fraction of sp³-hybridized carbons (Fsp3) is 0.200. The molecule has 2 N–H and O–H groups in total. The Morgan fingerprint density at radius 3 is 2.69 bits per heavy atom. The molecule has 9 heteroatoms. The summed E-state index contributed by atoms with van der Waals surface area (Å²) < 4.78 is 0. The number of carbonyl (C=O) groups is 3. The van der Waals surface area contributed by atoms with Crippen LogP contribution in [0.1, 0.15) is 29.4 Å².